The van der Waals surface area contributed by atoms with Gasteiger partial charge in [0.25, 0.3) is 5.69 Å². The molecule has 1 aromatic carbocycles. The third-order valence-electron chi connectivity index (χ3n) is 4.21. The van der Waals surface area contributed by atoms with E-state index in [4.69, 9.17) is 0 Å². The summed E-state index contributed by atoms with van der Waals surface area (Å²) in [6.45, 7) is 0.803. The van der Waals surface area contributed by atoms with Gasteiger partial charge in [-0.1, -0.05) is 6.07 Å². The molecule has 0 bridgehead atoms. The number of hydrogen-bond acceptors (Lipinski definition) is 6. The van der Waals surface area contributed by atoms with Crippen molar-refractivity contribution in [2.45, 2.75) is 31.7 Å². The van der Waals surface area contributed by atoms with Gasteiger partial charge in [-0.2, -0.15) is 0 Å². The fraction of sp³-hybridized carbons (Fsp3) is 0.471. The highest BCUT2D eigenvalue weighted by Gasteiger charge is 2.27. The van der Waals surface area contributed by atoms with E-state index >= 15 is 0 Å². The molecule has 130 valence electrons. The van der Waals surface area contributed by atoms with Gasteiger partial charge in [0.15, 0.2) is 0 Å². The van der Waals surface area contributed by atoms with E-state index in [-0.39, 0.29) is 18.3 Å². The molecular formula is C17H22N2O5. The topological polar surface area (TPSA) is 92.9 Å². The fourth-order valence-corrected chi connectivity index (χ4v) is 3.03. The second-order valence-corrected chi connectivity index (χ2v) is 5.72. The van der Waals surface area contributed by atoms with Crippen LogP contribution in [0.2, 0.25) is 0 Å². The molecule has 1 aromatic rings. The van der Waals surface area contributed by atoms with Crippen LogP contribution in [0.3, 0.4) is 0 Å². The fourth-order valence-electron chi connectivity index (χ4n) is 3.03. The lowest BCUT2D eigenvalue weighted by Crippen LogP contribution is -2.40. The maximum Gasteiger partial charge on any atom is 0.330 e. The number of carbonyl (C=O) groups excluding carboxylic acids is 1. The number of hydrogen-bond donors (Lipinski definition) is 1. The Kier molecular flexibility index (Phi) is 6.31. The van der Waals surface area contributed by atoms with Crippen LogP contribution in [0.4, 0.5) is 11.4 Å². The lowest BCUT2D eigenvalue weighted by atomic mass is 9.98. The highest BCUT2D eigenvalue weighted by atomic mass is 16.6. The molecule has 1 fully saturated rings. The number of rotatable bonds is 6. The average molecular weight is 334 g/mol. The van der Waals surface area contributed by atoms with Crippen molar-refractivity contribution in [2.75, 3.05) is 25.2 Å². The lowest BCUT2D eigenvalue weighted by Gasteiger charge is -2.37. The van der Waals surface area contributed by atoms with Crippen molar-refractivity contribution in [3.63, 3.8) is 0 Å². The highest BCUT2D eigenvalue weighted by Crippen LogP contribution is 2.34. The molecule has 0 aromatic heterocycles. The summed E-state index contributed by atoms with van der Waals surface area (Å²) in [7, 11) is 1.27. The van der Waals surface area contributed by atoms with Crippen LogP contribution in [0.25, 0.3) is 6.08 Å². The van der Waals surface area contributed by atoms with E-state index in [2.05, 4.69) is 4.74 Å². The van der Waals surface area contributed by atoms with Crippen molar-refractivity contribution in [1.82, 2.24) is 0 Å². The van der Waals surface area contributed by atoms with Gasteiger partial charge in [0.1, 0.15) is 5.69 Å². The Bertz CT molecular complexity index is 627. The van der Waals surface area contributed by atoms with Crippen LogP contribution in [-0.2, 0) is 9.53 Å². The molecule has 1 heterocycles. The molecule has 0 aliphatic carbocycles. The van der Waals surface area contributed by atoms with E-state index in [0.29, 0.717) is 17.7 Å². The minimum Gasteiger partial charge on any atom is -0.466 e. The maximum absolute atomic E-state index is 11.5. The Morgan fingerprint density at radius 2 is 2.29 bits per heavy atom. The zero-order valence-corrected chi connectivity index (χ0v) is 13.7. The van der Waals surface area contributed by atoms with Gasteiger partial charge in [-0.3, -0.25) is 10.1 Å². The number of piperidine rings is 1. The Hall–Kier alpha value is -2.41. The summed E-state index contributed by atoms with van der Waals surface area (Å²) < 4.78 is 4.52. The molecule has 24 heavy (non-hydrogen) atoms. The molecule has 7 heteroatoms. The molecule has 0 amide bonds. The van der Waals surface area contributed by atoms with Crippen LogP contribution in [0.1, 0.15) is 31.2 Å². The first-order valence-electron chi connectivity index (χ1n) is 7.98. The van der Waals surface area contributed by atoms with Crippen molar-refractivity contribution < 1.29 is 19.6 Å². The molecule has 1 atom stereocenters. The first-order valence-corrected chi connectivity index (χ1v) is 7.98. The van der Waals surface area contributed by atoms with Crippen molar-refractivity contribution in [2.24, 2.45) is 0 Å². The Morgan fingerprint density at radius 1 is 1.50 bits per heavy atom. The molecule has 1 aliphatic heterocycles. The molecule has 0 spiro atoms. The van der Waals surface area contributed by atoms with Crippen LogP contribution in [0.15, 0.2) is 24.3 Å². The van der Waals surface area contributed by atoms with Gasteiger partial charge < -0.3 is 14.7 Å². The van der Waals surface area contributed by atoms with Crippen LogP contribution in [0.5, 0.6) is 0 Å². The Morgan fingerprint density at radius 3 is 2.96 bits per heavy atom. The quantitative estimate of drug-likeness (QED) is 0.372. The highest BCUT2D eigenvalue weighted by molar-refractivity contribution is 5.87. The number of aliphatic hydroxyl groups excluding tert-OH is 1. The van der Waals surface area contributed by atoms with Crippen molar-refractivity contribution in [3.05, 3.63) is 40.0 Å². The summed E-state index contributed by atoms with van der Waals surface area (Å²) in [5.74, 6) is -0.513. The normalized spacial score (nSPS) is 17.9. The number of methoxy groups -OCH3 is 1. The Labute approximate surface area is 140 Å². The van der Waals surface area contributed by atoms with Gasteiger partial charge in [-0.15, -0.1) is 0 Å². The van der Waals surface area contributed by atoms with E-state index in [1.807, 2.05) is 4.90 Å². The second-order valence-electron chi connectivity index (χ2n) is 5.72. The van der Waals surface area contributed by atoms with Crippen molar-refractivity contribution in [3.8, 4) is 0 Å². The van der Waals surface area contributed by atoms with Gasteiger partial charge in [0.05, 0.1) is 12.0 Å². The van der Waals surface area contributed by atoms with Gasteiger partial charge >= 0.3 is 5.97 Å². The SMILES string of the molecule is COC(=O)/C=C/c1ccc(N2CCCCC2CCO)c([N+](=O)[O-])c1. The number of anilines is 1. The number of nitro groups is 1. The van der Waals surface area contributed by atoms with Gasteiger partial charge in [0.2, 0.25) is 0 Å². The lowest BCUT2D eigenvalue weighted by molar-refractivity contribution is -0.384. The number of carbonyl (C=O) groups is 1. The number of aliphatic hydroxyl groups is 1. The van der Waals surface area contributed by atoms with Crippen LogP contribution < -0.4 is 4.90 Å². The summed E-state index contributed by atoms with van der Waals surface area (Å²) in [6.07, 6.45) is 6.28. The third-order valence-corrected chi connectivity index (χ3v) is 4.21. The van der Waals surface area contributed by atoms with Crippen LogP contribution in [-0.4, -0.2) is 42.3 Å². The average Bonchev–Trinajstić information content (AvgIpc) is 2.60. The molecule has 2 rings (SSSR count). The molecule has 7 nitrogen and oxygen atoms in total. The second kappa shape index (κ2) is 8.44. The van der Waals surface area contributed by atoms with Gasteiger partial charge in [-0.05, 0) is 43.4 Å². The molecule has 0 radical (unpaired) electrons. The van der Waals surface area contributed by atoms with Crippen molar-refractivity contribution >= 4 is 23.4 Å². The summed E-state index contributed by atoms with van der Waals surface area (Å²) in [5, 5.41) is 20.7. The Balaban J connectivity index is 2.33. The first-order chi connectivity index (χ1) is 11.6. The van der Waals surface area contributed by atoms with E-state index in [0.717, 1.165) is 25.8 Å². The predicted octanol–water partition coefficient (Wildman–Crippen LogP) is 2.52. The molecule has 1 aliphatic rings. The van der Waals surface area contributed by atoms with Crippen LogP contribution >= 0.6 is 0 Å². The van der Waals surface area contributed by atoms with E-state index in [9.17, 15) is 20.0 Å². The van der Waals surface area contributed by atoms with E-state index in [1.54, 1.807) is 12.1 Å². The summed E-state index contributed by atoms with van der Waals surface area (Å²) >= 11 is 0. The zero-order chi connectivity index (χ0) is 17.5. The molecule has 0 saturated carbocycles. The monoisotopic (exact) mass is 334 g/mol. The van der Waals surface area contributed by atoms with Crippen molar-refractivity contribution in [1.29, 1.82) is 0 Å². The van der Waals surface area contributed by atoms with Gasteiger partial charge in [-0.25, -0.2) is 4.79 Å². The van der Waals surface area contributed by atoms with E-state index in [1.165, 1.54) is 25.3 Å². The van der Waals surface area contributed by atoms with Gasteiger partial charge in [0, 0.05) is 31.3 Å². The zero-order valence-electron chi connectivity index (χ0n) is 13.7. The largest absolute Gasteiger partial charge is 0.466 e. The number of ether oxygens (including phenoxy) is 1. The summed E-state index contributed by atoms with van der Waals surface area (Å²) in [4.78, 5) is 24.3. The molecule has 1 unspecified atom stereocenters. The minimum absolute atomic E-state index is 0.00635. The third kappa shape index (κ3) is 4.32. The molecule has 1 N–H and O–H groups in total. The predicted molar refractivity (Wildman–Crippen MR) is 90.8 cm³/mol. The summed E-state index contributed by atoms with van der Waals surface area (Å²) in [6, 6.07) is 5.02. The minimum atomic E-state index is -0.513. The molecule has 1 saturated heterocycles. The smallest absolute Gasteiger partial charge is 0.330 e. The number of benzene rings is 1. The molecular weight excluding hydrogens is 312 g/mol. The number of esters is 1. The standard InChI is InChI=1S/C17H22N2O5/c1-24-17(21)8-6-13-5-7-15(16(12-13)19(22)23)18-10-3-2-4-14(18)9-11-20/h5-8,12,14,20H,2-4,9-11H2,1H3/b8-6+. The number of nitrogens with zero attached hydrogens (tertiary/aromatic N) is 2. The number of nitro benzene ring substituents is 1. The maximum atomic E-state index is 11.5. The first kappa shape index (κ1) is 17.9. The van der Waals surface area contributed by atoms with Crippen LogP contribution in [0, 0.1) is 10.1 Å². The van der Waals surface area contributed by atoms with E-state index < -0.39 is 10.9 Å². The summed E-state index contributed by atoms with van der Waals surface area (Å²) in [5.41, 5.74) is 1.13.